The molecule has 11 heavy (non-hydrogen) atoms. The molecular weight excluding hydrogens is 148 g/mol. The lowest BCUT2D eigenvalue weighted by Crippen LogP contribution is -2.39. The number of aliphatic hydroxyl groups excluding tert-OH is 3. The first kappa shape index (κ1) is 10.8. The molecular formula is C7H16O4. The minimum absolute atomic E-state index is 0.0865. The van der Waals surface area contributed by atoms with Crippen molar-refractivity contribution in [2.45, 2.75) is 31.7 Å². The average molecular weight is 164 g/mol. The summed E-state index contributed by atoms with van der Waals surface area (Å²) in [5.74, 6) is 0. The molecule has 0 aromatic heterocycles. The molecule has 0 spiro atoms. The van der Waals surface area contributed by atoms with Crippen molar-refractivity contribution >= 4 is 0 Å². The molecule has 1 rings (SSSR count). The van der Waals surface area contributed by atoms with E-state index in [1.54, 1.807) is 0 Å². The van der Waals surface area contributed by atoms with Gasteiger partial charge in [0.15, 0.2) is 0 Å². The normalized spacial score (nSPS) is 37.4. The van der Waals surface area contributed by atoms with Gasteiger partial charge in [0.05, 0.1) is 18.8 Å². The molecule has 0 aliphatic carbocycles. The predicted octanol–water partition coefficient (Wildman–Crippen LogP) is -0.875. The molecule has 0 saturated carbocycles. The van der Waals surface area contributed by atoms with Gasteiger partial charge in [0.25, 0.3) is 0 Å². The van der Waals surface area contributed by atoms with Crippen molar-refractivity contribution in [1.82, 2.24) is 0 Å². The van der Waals surface area contributed by atoms with Crippen LogP contribution in [0.25, 0.3) is 0 Å². The first-order valence-corrected chi connectivity index (χ1v) is 3.62. The molecule has 0 aromatic rings. The monoisotopic (exact) mass is 164 g/mol. The minimum Gasteiger partial charge on any atom is -0.400 e. The summed E-state index contributed by atoms with van der Waals surface area (Å²) in [4.78, 5) is 0. The highest BCUT2D eigenvalue weighted by molar-refractivity contribution is 4.74. The van der Waals surface area contributed by atoms with Gasteiger partial charge in [0.1, 0.15) is 6.10 Å². The fourth-order valence-corrected chi connectivity index (χ4v) is 0.939. The zero-order valence-electron chi connectivity index (χ0n) is 6.90. The Morgan fingerprint density at radius 3 is 2.09 bits per heavy atom. The van der Waals surface area contributed by atoms with Crippen LogP contribution >= 0.6 is 0 Å². The maximum Gasteiger partial charge on any atom is 0.103 e. The van der Waals surface area contributed by atoms with Crippen molar-refractivity contribution in [3.8, 4) is 0 Å². The quantitative estimate of drug-likeness (QED) is 0.435. The average Bonchev–Trinajstić information content (AvgIpc) is 2.02. The van der Waals surface area contributed by atoms with E-state index in [0.29, 0.717) is 6.42 Å². The van der Waals surface area contributed by atoms with Crippen molar-refractivity contribution < 1.29 is 20.1 Å². The van der Waals surface area contributed by atoms with Crippen LogP contribution in [0.15, 0.2) is 0 Å². The highest BCUT2D eigenvalue weighted by Gasteiger charge is 2.25. The molecule has 1 aliphatic heterocycles. The molecule has 3 atom stereocenters. The van der Waals surface area contributed by atoms with Crippen LogP contribution in [0, 0.1) is 0 Å². The van der Waals surface area contributed by atoms with Crippen molar-refractivity contribution in [2.75, 3.05) is 13.7 Å². The number of aliphatic hydroxyl groups is 3. The third-order valence-electron chi connectivity index (χ3n) is 1.57. The maximum absolute atomic E-state index is 9.02. The van der Waals surface area contributed by atoms with E-state index < -0.39 is 12.2 Å². The molecule has 3 N–H and O–H groups in total. The highest BCUT2D eigenvalue weighted by Crippen LogP contribution is 2.12. The largest absolute Gasteiger partial charge is 0.400 e. The van der Waals surface area contributed by atoms with Gasteiger partial charge in [-0.3, -0.25) is 0 Å². The topological polar surface area (TPSA) is 69.9 Å². The second-order valence-corrected chi connectivity index (χ2v) is 2.51. The molecule has 3 unspecified atom stereocenters. The molecule has 0 aromatic carbocycles. The van der Waals surface area contributed by atoms with Crippen LogP contribution in [-0.4, -0.2) is 47.3 Å². The van der Waals surface area contributed by atoms with Crippen molar-refractivity contribution in [2.24, 2.45) is 0 Å². The van der Waals surface area contributed by atoms with Gasteiger partial charge in [0.2, 0.25) is 0 Å². The van der Waals surface area contributed by atoms with Gasteiger partial charge in [-0.05, 0) is 6.92 Å². The van der Waals surface area contributed by atoms with Crippen LogP contribution in [0.5, 0.6) is 0 Å². The molecule has 4 heteroatoms. The standard InChI is InChI=1S/C6H12O3.CH4O/c1-4-2-5(7)6(8)3-9-4;1-2/h4-8H,2-3H2,1H3;2H,1H3. The zero-order chi connectivity index (χ0) is 8.85. The van der Waals surface area contributed by atoms with Crippen LogP contribution in [0.4, 0.5) is 0 Å². The smallest absolute Gasteiger partial charge is 0.103 e. The van der Waals surface area contributed by atoms with Crippen molar-refractivity contribution in [3.63, 3.8) is 0 Å². The summed E-state index contributed by atoms with van der Waals surface area (Å²) in [5.41, 5.74) is 0. The van der Waals surface area contributed by atoms with E-state index >= 15 is 0 Å². The van der Waals surface area contributed by atoms with Gasteiger partial charge in [-0.25, -0.2) is 0 Å². The summed E-state index contributed by atoms with van der Waals surface area (Å²) in [6.45, 7) is 2.15. The van der Waals surface area contributed by atoms with Gasteiger partial charge in [-0.2, -0.15) is 0 Å². The molecule has 0 amide bonds. The van der Waals surface area contributed by atoms with Crippen LogP contribution in [-0.2, 0) is 4.74 Å². The third kappa shape index (κ3) is 3.67. The SMILES string of the molecule is CC1CC(O)C(O)CO1.CO. The summed E-state index contributed by atoms with van der Waals surface area (Å²) < 4.78 is 5.05. The van der Waals surface area contributed by atoms with Crippen LogP contribution < -0.4 is 0 Å². The number of ether oxygens (including phenoxy) is 1. The lowest BCUT2D eigenvalue weighted by molar-refractivity contribution is -0.115. The van der Waals surface area contributed by atoms with Crippen LogP contribution in [0.2, 0.25) is 0 Å². The van der Waals surface area contributed by atoms with Crippen molar-refractivity contribution in [3.05, 3.63) is 0 Å². The third-order valence-corrected chi connectivity index (χ3v) is 1.57. The summed E-state index contributed by atoms with van der Waals surface area (Å²) >= 11 is 0. The summed E-state index contributed by atoms with van der Waals surface area (Å²) in [7, 11) is 1.00. The number of hydrogen-bond donors (Lipinski definition) is 3. The molecule has 0 radical (unpaired) electrons. The zero-order valence-corrected chi connectivity index (χ0v) is 6.90. The Balaban J connectivity index is 0.000000461. The first-order valence-electron chi connectivity index (χ1n) is 3.62. The van der Waals surface area contributed by atoms with E-state index in [1.165, 1.54) is 0 Å². The predicted molar refractivity (Wildman–Crippen MR) is 40.2 cm³/mol. The van der Waals surface area contributed by atoms with E-state index in [9.17, 15) is 0 Å². The second-order valence-electron chi connectivity index (χ2n) is 2.51. The molecule has 0 bridgehead atoms. The van der Waals surface area contributed by atoms with E-state index in [1.807, 2.05) is 6.92 Å². The van der Waals surface area contributed by atoms with Crippen LogP contribution in [0.1, 0.15) is 13.3 Å². The number of rotatable bonds is 0. The molecule has 1 fully saturated rings. The molecule has 1 heterocycles. The molecule has 4 nitrogen and oxygen atoms in total. The van der Waals surface area contributed by atoms with E-state index in [4.69, 9.17) is 20.1 Å². The molecule has 1 aliphatic rings. The van der Waals surface area contributed by atoms with Crippen molar-refractivity contribution in [1.29, 1.82) is 0 Å². The summed E-state index contributed by atoms with van der Waals surface area (Å²) in [5, 5.41) is 24.9. The highest BCUT2D eigenvalue weighted by atomic mass is 16.5. The maximum atomic E-state index is 9.02. The van der Waals surface area contributed by atoms with E-state index in [0.717, 1.165) is 7.11 Å². The van der Waals surface area contributed by atoms with Gasteiger partial charge in [-0.1, -0.05) is 0 Å². The van der Waals surface area contributed by atoms with Gasteiger partial charge in [-0.15, -0.1) is 0 Å². The summed E-state index contributed by atoms with van der Waals surface area (Å²) in [6, 6.07) is 0. The first-order chi connectivity index (χ1) is 5.20. The van der Waals surface area contributed by atoms with E-state index in [2.05, 4.69) is 0 Å². The fourth-order valence-electron chi connectivity index (χ4n) is 0.939. The Morgan fingerprint density at radius 2 is 1.73 bits per heavy atom. The van der Waals surface area contributed by atoms with Gasteiger partial charge >= 0.3 is 0 Å². The Hall–Kier alpha value is -0.160. The van der Waals surface area contributed by atoms with Gasteiger partial charge < -0.3 is 20.1 Å². The van der Waals surface area contributed by atoms with Gasteiger partial charge in [0, 0.05) is 13.5 Å². The molecule has 68 valence electrons. The summed E-state index contributed by atoms with van der Waals surface area (Å²) in [6.07, 6.45) is -0.639. The minimum atomic E-state index is -0.679. The van der Waals surface area contributed by atoms with Crippen LogP contribution in [0.3, 0.4) is 0 Å². The lowest BCUT2D eigenvalue weighted by Gasteiger charge is -2.27. The van der Waals surface area contributed by atoms with E-state index in [-0.39, 0.29) is 12.7 Å². The number of hydrogen-bond acceptors (Lipinski definition) is 4. The Kier molecular flexibility index (Phi) is 5.41. The Bertz CT molecular complexity index is 96.4. The second kappa shape index (κ2) is 5.49. The lowest BCUT2D eigenvalue weighted by atomic mass is 10.1. The molecule has 1 saturated heterocycles. The Morgan fingerprint density at radius 1 is 1.18 bits per heavy atom. The fraction of sp³-hybridized carbons (Fsp3) is 1.00. The Labute approximate surface area is 66.4 Å².